The van der Waals surface area contributed by atoms with E-state index in [1.54, 1.807) is 23.1 Å². The molecule has 0 fully saturated rings. The van der Waals surface area contributed by atoms with E-state index in [-0.39, 0.29) is 0 Å². The molecule has 0 atom stereocenters. The van der Waals surface area contributed by atoms with E-state index in [4.69, 9.17) is 4.52 Å². The van der Waals surface area contributed by atoms with Gasteiger partial charge in [0.2, 0.25) is 5.89 Å². The van der Waals surface area contributed by atoms with Crippen molar-refractivity contribution in [2.45, 2.75) is 17.0 Å². The van der Waals surface area contributed by atoms with Gasteiger partial charge in [-0.1, -0.05) is 47.3 Å². The first-order valence-corrected chi connectivity index (χ1v) is 7.61. The molecule has 0 amide bonds. The molecule has 4 nitrogen and oxygen atoms in total. The SMILES string of the molecule is Cc1noc(CSc2nc(-c3ccccc3)cs2)n1. The number of thioether (sulfide) groups is 1. The minimum atomic E-state index is 0.638. The van der Waals surface area contributed by atoms with Gasteiger partial charge in [-0.2, -0.15) is 4.98 Å². The molecule has 96 valence electrons. The van der Waals surface area contributed by atoms with Crippen molar-refractivity contribution in [3.05, 3.63) is 47.4 Å². The van der Waals surface area contributed by atoms with Crippen molar-refractivity contribution in [3.63, 3.8) is 0 Å². The maximum atomic E-state index is 5.07. The number of aromatic nitrogens is 3. The molecular weight excluding hydrogens is 278 g/mol. The van der Waals surface area contributed by atoms with Crippen molar-refractivity contribution in [1.82, 2.24) is 15.1 Å². The van der Waals surface area contributed by atoms with E-state index in [1.807, 2.05) is 25.1 Å². The molecule has 3 rings (SSSR count). The van der Waals surface area contributed by atoms with Gasteiger partial charge in [0.05, 0.1) is 11.4 Å². The summed E-state index contributed by atoms with van der Waals surface area (Å²) in [5.41, 5.74) is 2.15. The molecule has 19 heavy (non-hydrogen) atoms. The molecule has 0 unspecified atom stereocenters. The highest BCUT2D eigenvalue weighted by Gasteiger charge is 2.08. The lowest BCUT2D eigenvalue weighted by molar-refractivity contribution is 0.387. The topological polar surface area (TPSA) is 51.8 Å². The molecule has 0 aliphatic heterocycles. The van der Waals surface area contributed by atoms with E-state index in [0.29, 0.717) is 17.5 Å². The van der Waals surface area contributed by atoms with Crippen molar-refractivity contribution < 1.29 is 4.52 Å². The van der Waals surface area contributed by atoms with Crippen LogP contribution in [-0.4, -0.2) is 15.1 Å². The molecule has 6 heteroatoms. The summed E-state index contributed by atoms with van der Waals surface area (Å²) in [6, 6.07) is 10.2. The second kappa shape index (κ2) is 5.54. The van der Waals surface area contributed by atoms with Crippen LogP contribution < -0.4 is 0 Å². The van der Waals surface area contributed by atoms with E-state index in [0.717, 1.165) is 15.6 Å². The Bertz CT molecular complexity index is 663. The van der Waals surface area contributed by atoms with Crippen molar-refractivity contribution in [2.75, 3.05) is 0 Å². The number of hydrogen-bond acceptors (Lipinski definition) is 6. The average Bonchev–Trinajstić information content (AvgIpc) is 3.06. The van der Waals surface area contributed by atoms with Gasteiger partial charge in [0.25, 0.3) is 0 Å². The molecule has 0 N–H and O–H groups in total. The van der Waals surface area contributed by atoms with Crippen LogP contribution in [0.15, 0.2) is 44.6 Å². The van der Waals surface area contributed by atoms with Crippen LogP contribution >= 0.6 is 23.1 Å². The number of aryl methyl sites for hydroxylation is 1. The van der Waals surface area contributed by atoms with Gasteiger partial charge in [-0.25, -0.2) is 4.98 Å². The smallest absolute Gasteiger partial charge is 0.237 e. The largest absolute Gasteiger partial charge is 0.338 e. The Kier molecular flexibility index (Phi) is 3.61. The molecule has 2 heterocycles. The molecule has 1 aromatic carbocycles. The predicted octanol–water partition coefficient (Wildman–Crippen LogP) is 3.79. The first kappa shape index (κ1) is 12.4. The fourth-order valence-corrected chi connectivity index (χ4v) is 3.26. The van der Waals surface area contributed by atoms with Crippen molar-refractivity contribution in [2.24, 2.45) is 0 Å². The van der Waals surface area contributed by atoms with E-state index < -0.39 is 0 Å². The zero-order chi connectivity index (χ0) is 13.1. The Morgan fingerprint density at radius 3 is 2.79 bits per heavy atom. The second-order valence-corrected chi connectivity index (χ2v) is 5.97. The molecule has 0 radical (unpaired) electrons. The van der Waals surface area contributed by atoms with E-state index in [1.165, 1.54) is 0 Å². The molecular formula is C13H11N3OS2. The first-order valence-electron chi connectivity index (χ1n) is 5.74. The minimum Gasteiger partial charge on any atom is -0.338 e. The zero-order valence-corrected chi connectivity index (χ0v) is 11.9. The number of rotatable bonds is 4. The lowest BCUT2D eigenvalue weighted by atomic mass is 10.2. The van der Waals surface area contributed by atoms with Gasteiger partial charge >= 0.3 is 0 Å². The van der Waals surface area contributed by atoms with Gasteiger partial charge in [0.1, 0.15) is 0 Å². The lowest BCUT2D eigenvalue weighted by Crippen LogP contribution is -1.81. The molecule has 3 aromatic rings. The van der Waals surface area contributed by atoms with Crippen molar-refractivity contribution >= 4 is 23.1 Å². The summed E-state index contributed by atoms with van der Waals surface area (Å²) in [4.78, 5) is 8.76. The summed E-state index contributed by atoms with van der Waals surface area (Å²) in [5.74, 6) is 1.96. The van der Waals surface area contributed by atoms with Crippen LogP contribution in [0, 0.1) is 6.92 Å². The van der Waals surface area contributed by atoms with Crippen molar-refractivity contribution in [1.29, 1.82) is 0 Å². The highest BCUT2D eigenvalue weighted by atomic mass is 32.2. The highest BCUT2D eigenvalue weighted by molar-refractivity contribution is 8.00. The number of nitrogens with zero attached hydrogens (tertiary/aromatic N) is 3. The quantitative estimate of drug-likeness (QED) is 0.684. The number of hydrogen-bond donors (Lipinski definition) is 0. The summed E-state index contributed by atoms with van der Waals surface area (Å²) in [7, 11) is 0. The fraction of sp³-hybridized carbons (Fsp3) is 0.154. The number of thiazole rings is 1. The third-order valence-corrected chi connectivity index (χ3v) is 4.45. The Labute approximate surface area is 118 Å². The molecule has 0 aliphatic rings. The van der Waals surface area contributed by atoms with Gasteiger partial charge in [-0.15, -0.1) is 11.3 Å². The third kappa shape index (κ3) is 3.02. The number of benzene rings is 1. The normalized spacial score (nSPS) is 10.8. The zero-order valence-electron chi connectivity index (χ0n) is 10.2. The van der Waals surface area contributed by atoms with E-state index in [2.05, 4.69) is 32.6 Å². The Morgan fingerprint density at radius 1 is 1.21 bits per heavy atom. The van der Waals surface area contributed by atoms with Gasteiger partial charge in [-0.05, 0) is 6.92 Å². The Morgan fingerprint density at radius 2 is 2.05 bits per heavy atom. The van der Waals surface area contributed by atoms with Crippen LogP contribution in [0.25, 0.3) is 11.3 Å². The van der Waals surface area contributed by atoms with Crippen LogP contribution in [-0.2, 0) is 5.75 Å². The average molecular weight is 289 g/mol. The summed E-state index contributed by atoms with van der Waals surface area (Å²) in [6.07, 6.45) is 0. The molecule has 0 saturated carbocycles. The molecule has 0 aliphatic carbocycles. The summed E-state index contributed by atoms with van der Waals surface area (Å²) < 4.78 is 6.08. The highest BCUT2D eigenvalue weighted by Crippen LogP contribution is 2.29. The summed E-state index contributed by atoms with van der Waals surface area (Å²) in [5, 5.41) is 5.83. The molecule has 0 bridgehead atoms. The van der Waals surface area contributed by atoms with Crippen LogP contribution in [0.4, 0.5) is 0 Å². The monoisotopic (exact) mass is 289 g/mol. The standard InChI is InChI=1S/C13H11N3OS2/c1-9-14-12(17-16-9)8-19-13-15-11(7-18-13)10-5-3-2-4-6-10/h2-7H,8H2,1H3. The molecule has 0 spiro atoms. The third-order valence-electron chi connectivity index (χ3n) is 2.44. The Hall–Kier alpha value is -1.66. The van der Waals surface area contributed by atoms with Crippen LogP contribution in [0.2, 0.25) is 0 Å². The second-order valence-electron chi connectivity index (χ2n) is 3.89. The fourth-order valence-electron chi connectivity index (χ4n) is 1.59. The molecule has 2 aromatic heterocycles. The maximum Gasteiger partial charge on any atom is 0.237 e. The van der Waals surface area contributed by atoms with Crippen molar-refractivity contribution in [3.8, 4) is 11.3 Å². The van der Waals surface area contributed by atoms with E-state index >= 15 is 0 Å². The summed E-state index contributed by atoms with van der Waals surface area (Å²) in [6.45, 7) is 1.81. The van der Waals surface area contributed by atoms with Gasteiger partial charge in [0.15, 0.2) is 10.2 Å². The maximum absolute atomic E-state index is 5.07. The Balaban J connectivity index is 1.68. The van der Waals surface area contributed by atoms with E-state index in [9.17, 15) is 0 Å². The first-order chi connectivity index (χ1) is 9.31. The summed E-state index contributed by atoms with van der Waals surface area (Å²) >= 11 is 3.25. The van der Waals surface area contributed by atoms with Gasteiger partial charge in [0, 0.05) is 10.9 Å². The van der Waals surface area contributed by atoms with Gasteiger partial charge in [-0.3, -0.25) is 0 Å². The lowest BCUT2D eigenvalue weighted by Gasteiger charge is -1.94. The van der Waals surface area contributed by atoms with Crippen LogP contribution in [0.1, 0.15) is 11.7 Å². The van der Waals surface area contributed by atoms with Crippen LogP contribution in [0.3, 0.4) is 0 Å². The molecule has 0 saturated heterocycles. The van der Waals surface area contributed by atoms with Gasteiger partial charge < -0.3 is 4.52 Å². The predicted molar refractivity (Wildman–Crippen MR) is 76.1 cm³/mol. The van der Waals surface area contributed by atoms with Crippen LogP contribution in [0.5, 0.6) is 0 Å². The minimum absolute atomic E-state index is 0.638.